The molecule has 0 bridgehead atoms. The fraction of sp³-hybridized carbons (Fsp3) is 0.522. The Morgan fingerprint density at radius 1 is 1.09 bits per heavy atom. The molecule has 174 valence electrons. The lowest BCUT2D eigenvalue weighted by Crippen LogP contribution is -2.40. The van der Waals surface area contributed by atoms with Crippen LogP contribution in [0.5, 0.6) is 0 Å². The van der Waals surface area contributed by atoms with E-state index in [1.807, 2.05) is 14.1 Å². The molecule has 9 heteroatoms. The molecule has 0 spiro atoms. The van der Waals surface area contributed by atoms with Crippen LogP contribution in [0, 0.1) is 5.82 Å². The number of aryl methyl sites for hydroxylation is 1. The third-order valence-corrected chi connectivity index (χ3v) is 6.45. The molecule has 2 aliphatic carbocycles. The lowest BCUT2D eigenvalue weighted by Gasteiger charge is -2.30. The fourth-order valence-corrected chi connectivity index (χ4v) is 4.66. The third-order valence-electron chi connectivity index (χ3n) is 6.16. The molecule has 0 radical (unpaired) electrons. The van der Waals surface area contributed by atoms with Crippen LogP contribution >= 0.6 is 24.0 Å². The van der Waals surface area contributed by atoms with E-state index < -0.39 is 5.82 Å². The zero-order chi connectivity index (χ0) is 22.0. The number of hydrogen-bond donors (Lipinski definition) is 2. The number of rotatable bonds is 5. The molecule has 1 heterocycles. The number of amides is 1. The van der Waals surface area contributed by atoms with E-state index in [0.29, 0.717) is 11.5 Å². The van der Waals surface area contributed by atoms with Gasteiger partial charge in [-0.2, -0.15) is 4.98 Å². The lowest BCUT2D eigenvalue weighted by atomic mass is 9.91. The van der Waals surface area contributed by atoms with Gasteiger partial charge in [0, 0.05) is 37.3 Å². The summed E-state index contributed by atoms with van der Waals surface area (Å²) in [7, 11) is 4.06. The third kappa shape index (κ3) is 5.62. The van der Waals surface area contributed by atoms with E-state index in [4.69, 9.17) is 21.6 Å². The zero-order valence-electron chi connectivity index (χ0n) is 18.5. The van der Waals surface area contributed by atoms with Crippen molar-refractivity contribution < 1.29 is 9.18 Å². The van der Waals surface area contributed by atoms with Gasteiger partial charge >= 0.3 is 0 Å². The largest absolute Gasteiger partial charge is 0.362 e. The highest BCUT2D eigenvalue weighted by Gasteiger charge is 2.25. The quantitative estimate of drug-likeness (QED) is 0.642. The van der Waals surface area contributed by atoms with Gasteiger partial charge in [0.2, 0.25) is 5.95 Å². The van der Waals surface area contributed by atoms with Crippen molar-refractivity contribution in [3.63, 3.8) is 0 Å². The van der Waals surface area contributed by atoms with Crippen LogP contribution in [0.4, 0.5) is 16.2 Å². The molecule has 1 amide bonds. The number of anilines is 2. The zero-order valence-corrected chi connectivity index (χ0v) is 20.0. The van der Waals surface area contributed by atoms with Gasteiger partial charge in [0.25, 0.3) is 5.91 Å². The molecule has 0 atom stereocenters. The van der Waals surface area contributed by atoms with E-state index in [1.54, 1.807) is 0 Å². The molecule has 4 rings (SSSR count). The highest BCUT2D eigenvalue weighted by atomic mass is 35.5. The SMILES string of the molecule is CN(C)c1nc(N[C@H]2CC[C@@H](NC(=O)c3ccc(F)c(Cl)c3)CC2)nc2c1CCCC2.Cl. The summed E-state index contributed by atoms with van der Waals surface area (Å²) < 4.78 is 13.3. The number of aromatic nitrogens is 2. The van der Waals surface area contributed by atoms with E-state index in [-0.39, 0.29) is 35.4 Å². The van der Waals surface area contributed by atoms with E-state index in [0.717, 1.165) is 44.3 Å². The Labute approximate surface area is 199 Å². The molecule has 1 aromatic carbocycles. The number of carbonyl (C=O) groups is 1. The summed E-state index contributed by atoms with van der Waals surface area (Å²) in [5.41, 5.74) is 2.84. The Kier molecular flexibility index (Phi) is 8.17. The van der Waals surface area contributed by atoms with Gasteiger partial charge in [-0.1, -0.05) is 11.6 Å². The smallest absolute Gasteiger partial charge is 0.251 e. The van der Waals surface area contributed by atoms with Crippen LogP contribution in [0.15, 0.2) is 18.2 Å². The Hall–Kier alpha value is -2.12. The number of benzene rings is 1. The van der Waals surface area contributed by atoms with Gasteiger partial charge in [0.1, 0.15) is 11.6 Å². The maximum absolute atomic E-state index is 13.3. The minimum atomic E-state index is -0.522. The molecule has 0 saturated heterocycles. The normalized spacial score (nSPS) is 20.0. The molecule has 2 aromatic rings. The predicted octanol–water partition coefficient (Wildman–Crippen LogP) is 4.79. The van der Waals surface area contributed by atoms with Crippen molar-refractivity contribution >= 4 is 41.7 Å². The van der Waals surface area contributed by atoms with Crippen molar-refractivity contribution in [3.8, 4) is 0 Å². The van der Waals surface area contributed by atoms with E-state index in [9.17, 15) is 9.18 Å². The first-order valence-corrected chi connectivity index (χ1v) is 11.4. The molecule has 1 saturated carbocycles. The molecular formula is C23H30Cl2FN5O. The number of nitrogens with zero attached hydrogens (tertiary/aromatic N) is 3. The molecule has 2 N–H and O–H groups in total. The Morgan fingerprint density at radius 2 is 1.78 bits per heavy atom. The topological polar surface area (TPSA) is 70.2 Å². The summed E-state index contributed by atoms with van der Waals surface area (Å²) >= 11 is 5.79. The monoisotopic (exact) mass is 481 g/mol. The van der Waals surface area contributed by atoms with Crippen molar-refractivity contribution in [2.75, 3.05) is 24.3 Å². The molecule has 6 nitrogen and oxygen atoms in total. The van der Waals surface area contributed by atoms with Gasteiger partial charge in [0.05, 0.1) is 10.7 Å². The molecule has 2 aliphatic rings. The van der Waals surface area contributed by atoms with Crippen molar-refractivity contribution in [1.29, 1.82) is 0 Å². The Balaban J connectivity index is 0.00000289. The Bertz CT molecular complexity index is 964. The van der Waals surface area contributed by atoms with Crippen LogP contribution in [-0.4, -0.2) is 42.1 Å². The van der Waals surface area contributed by atoms with Crippen LogP contribution in [-0.2, 0) is 12.8 Å². The van der Waals surface area contributed by atoms with E-state index in [2.05, 4.69) is 15.5 Å². The van der Waals surface area contributed by atoms with Crippen molar-refractivity contribution in [2.45, 2.75) is 63.5 Å². The average molecular weight is 482 g/mol. The summed E-state index contributed by atoms with van der Waals surface area (Å²) in [6, 6.07) is 4.43. The molecular weight excluding hydrogens is 452 g/mol. The minimum Gasteiger partial charge on any atom is -0.362 e. The molecule has 1 fully saturated rings. The van der Waals surface area contributed by atoms with Crippen molar-refractivity contribution in [2.24, 2.45) is 0 Å². The van der Waals surface area contributed by atoms with Crippen LogP contribution in [0.3, 0.4) is 0 Å². The van der Waals surface area contributed by atoms with Crippen LogP contribution in [0.1, 0.15) is 60.1 Å². The number of fused-ring (bicyclic) bond motifs is 1. The highest BCUT2D eigenvalue weighted by molar-refractivity contribution is 6.31. The first-order valence-electron chi connectivity index (χ1n) is 11.0. The second-order valence-corrected chi connectivity index (χ2v) is 9.10. The van der Waals surface area contributed by atoms with Crippen LogP contribution < -0.4 is 15.5 Å². The summed E-state index contributed by atoms with van der Waals surface area (Å²) in [5, 5.41) is 6.53. The van der Waals surface area contributed by atoms with Gasteiger partial charge < -0.3 is 15.5 Å². The highest BCUT2D eigenvalue weighted by Crippen LogP contribution is 2.29. The standard InChI is InChI=1S/C23H29ClFN5O.ClH/c1-30(2)21-17-5-3-4-6-20(17)28-23(29-21)27-16-10-8-15(9-11-16)26-22(31)14-7-12-19(25)18(24)13-14;/h7,12-13,15-16H,3-6,8-11H2,1-2H3,(H,26,31)(H,27,28,29);1H/t15-,16+;. The molecule has 0 aliphatic heterocycles. The summed E-state index contributed by atoms with van der Waals surface area (Å²) in [6.45, 7) is 0. The Morgan fingerprint density at radius 3 is 2.47 bits per heavy atom. The average Bonchev–Trinajstić information content (AvgIpc) is 2.76. The van der Waals surface area contributed by atoms with Crippen LogP contribution in [0.25, 0.3) is 0 Å². The first kappa shape index (κ1) is 24.5. The molecule has 32 heavy (non-hydrogen) atoms. The summed E-state index contributed by atoms with van der Waals surface area (Å²) in [5.74, 6) is 0.988. The van der Waals surface area contributed by atoms with Gasteiger partial charge in [-0.05, 0) is 69.6 Å². The van der Waals surface area contributed by atoms with Gasteiger partial charge in [0.15, 0.2) is 0 Å². The second kappa shape index (κ2) is 10.7. The van der Waals surface area contributed by atoms with E-state index >= 15 is 0 Å². The van der Waals surface area contributed by atoms with E-state index in [1.165, 1.54) is 42.3 Å². The second-order valence-electron chi connectivity index (χ2n) is 8.69. The maximum Gasteiger partial charge on any atom is 0.251 e. The molecule has 1 aromatic heterocycles. The van der Waals surface area contributed by atoms with Gasteiger partial charge in [-0.3, -0.25) is 4.79 Å². The lowest BCUT2D eigenvalue weighted by molar-refractivity contribution is 0.0926. The van der Waals surface area contributed by atoms with Gasteiger partial charge in [-0.25, -0.2) is 9.37 Å². The number of nitrogens with one attached hydrogen (secondary N) is 2. The van der Waals surface area contributed by atoms with Crippen molar-refractivity contribution in [1.82, 2.24) is 15.3 Å². The van der Waals surface area contributed by atoms with Gasteiger partial charge in [-0.15, -0.1) is 12.4 Å². The summed E-state index contributed by atoms with van der Waals surface area (Å²) in [4.78, 5) is 24.1. The molecule has 0 unspecified atom stereocenters. The number of carbonyl (C=O) groups excluding carboxylic acids is 1. The predicted molar refractivity (Wildman–Crippen MR) is 129 cm³/mol. The van der Waals surface area contributed by atoms with Crippen molar-refractivity contribution in [3.05, 3.63) is 45.9 Å². The number of hydrogen-bond acceptors (Lipinski definition) is 5. The summed E-state index contributed by atoms with van der Waals surface area (Å²) in [6.07, 6.45) is 8.02. The van der Waals surface area contributed by atoms with Crippen LogP contribution in [0.2, 0.25) is 5.02 Å². The maximum atomic E-state index is 13.3. The first-order chi connectivity index (χ1) is 14.9. The number of halogens is 3. The minimum absolute atomic E-state index is 0. The fourth-order valence-electron chi connectivity index (χ4n) is 4.48.